The fourth-order valence-electron chi connectivity index (χ4n) is 1.69. The molecule has 0 unspecified atom stereocenters. The summed E-state index contributed by atoms with van der Waals surface area (Å²) in [5, 5.41) is 2.54. The minimum absolute atomic E-state index is 0.150. The van der Waals surface area contributed by atoms with Gasteiger partial charge in [-0.05, 0) is 12.5 Å². The number of hydrogen-bond donors (Lipinski definition) is 1. The summed E-state index contributed by atoms with van der Waals surface area (Å²) in [4.78, 5) is 25.2. The minimum atomic E-state index is -0.784. The Labute approximate surface area is 125 Å². The molecule has 116 valence electrons. The highest BCUT2D eigenvalue weighted by molar-refractivity contribution is 5.85. The van der Waals surface area contributed by atoms with E-state index in [0.717, 1.165) is 5.56 Å². The largest absolute Gasteiger partial charge is 0.445 e. The second kappa shape index (κ2) is 8.26. The van der Waals surface area contributed by atoms with Crippen molar-refractivity contribution in [1.82, 2.24) is 10.2 Å². The molecule has 0 aliphatic heterocycles. The Morgan fingerprint density at radius 2 is 1.86 bits per heavy atom. The van der Waals surface area contributed by atoms with Gasteiger partial charge in [-0.25, -0.2) is 4.79 Å². The maximum Gasteiger partial charge on any atom is 0.408 e. The van der Waals surface area contributed by atoms with E-state index in [0.29, 0.717) is 0 Å². The normalized spacial score (nSPS) is 13.1. The van der Waals surface area contributed by atoms with Crippen molar-refractivity contribution in [2.75, 3.05) is 21.2 Å². The number of nitrogens with zero attached hydrogens (tertiary/aromatic N) is 1. The van der Waals surface area contributed by atoms with Crippen LogP contribution >= 0.6 is 0 Å². The van der Waals surface area contributed by atoms with Crippen molar-refractivity contribution in [3.05, 3.63) is 35.9 Å². The van der Waals surface area contributed by atoms with Gasteiger partial charge >= 0.3 is 6.09 Å². The average Bonchev–Trinajstić information content (AvgIpc) is 2.50. The lowest BCUT2D eigenvalue weighted by atomic mass is 10.1. The first-order chi connectivity index (χ1) is 9.95. The highest BCUT2D eigenvalue weighted by atomic mass is 16.5. The molecule has 0 aliphatic rings. The monoisotopic (exact) mass is 294 g/mol. The molecule has 6 nitrogen and oxygen atoms in total. The van der Waals surface area contributed by atoms with Crippen molar-refractivity contribution in [1.29, 1.82) is 0 Å². The fraction of sp³-hybridized carbons (Fsp3) is 0.467. The predicted octanol–water partition coefficient (Wildman–Crippen LogP) is 1.40. The molecular formula is C15H22N2O4. The van der Waals surface area contributed by atoms with Crippen molar-refractivity contribution in [3.8, 4) is 0 Å². The summed E-state index contributed by atoms with van der Waals surface area (Å²) >= 11 is 0. The molecule has 2 amide bonds. The number of likely N-dealkylation sites (N-methyl/N-ethyl adjacent to an activating group) is 1. The maximum atomic E-state index is 12.0. The summed E-state index contributed by atoms with van der Waals surface area (Å²) in [6.07, 6.45) is -1.10. The van der Waals surface area contributed by atoms with E-state index in [1.165, 1.54) is 12.0 Å². The molecule has 0 aliphatic carbocycles. The van der Waals surface area contributed by atoms with Crippen LogP contribution in [0, 0.1) is 0 Å². The molecule has 1 aromatic rings. The molecule has 1 rings (SSSR count). The highest BCUT2D eigenvalue weighted by Gasteiger charge is 2.28. The molecular weight excluding hydrogens is 272 g/mol. The van der Waals surface area contributed by atoms with E-state index in [4.69, 9.17) is 9.47 Å². The average molecular weight is 294 g/mol. The third kappa shape index (κ3) is 5.43. The number of hydrogen-bond acceptors (Lipinski definition) is 4. The lowest BCUT2D eigenvalue weighted by Crippen LogP contribution is -2.52. The van der Waals surface area contributed by atoms with Gasteiger partial charge < -0.3 is 19.7 Å². The van der Waals surface area contributed by atoms with Crippen LogP contribution in [0.1, 0.15) is 12.5 Å². The summed E-state index contributed by atoms with van der Waals surface area (Å²) in [7, 11) is 4.72. The van der Waals surface area contributed by atoms with E-state index >= 15 is 0 Å². The molecule has 1 aromatic carbocycles. The Morgan fingerprint density at radius 3 is 2.38 bits per heavy atom. The molecule has 0 bridgehead atoms. The number of nitrogens with one attached hydrogen (secondary N) is 1. The van der Waals surface area contributed by atoms with Gasteiger partial charge in [0.25, 0.3) is 0 Å². The summed E-state index contributed by atoms with van der Waals surface area (Å²) < 4.78 is 10.2. The van der Waals surface area contributed by atoms with Gasteiger partial charge in [-0.15, -0.1) is 0 Å². The van der Waals surface area contributed by atoms with Crippen LogP contribution in [0.15, 0.2) is 30.3 Å². The first kappa shape index (κ1) is 17.0. The number of alkyl carbamates (subject to hydrolysis) is 1. The fourth-order valence-corrected chi connectivity index (χ4v) is 1.69. The van der Waals surface area contributed by atoms with E-state index in [9.17, 15) is 9.59 Å². The molecule has 0 saturated carbocycles. The smallest absolute Gasteiger partial charge is 0.408 e. The highest BCUT2D eigenvalue weighted by Crippen LogP contribution is 2.04. The van der Waals surface area contributed by atoms with Crippen molar-refractivity contribution in [2.24, 2.45) is 0 Å². The quantitative estimate of drug-likeness (QED) is 0.861. The maximum absolute atomic E-state index is 12.0. The zero-order valence-corrected chi connectivity index (χ0v) is 12.8. The van der Waals surface area contributed by atoms with Gasteiger partial charge in [-0.3, -0.25) is 4.79 Å². The SMILES string of the molecule is CO[C@H](C)[C@@H](NC(=O)OCc1ccccc1)C(=O)N(C)C. The molecule has 0 fully saturated rings. The third-order valence-electron chi connectivity index (χ3n) is 3.03. The van der Waals surface area contributed by atoms with Gasteiger partial charge in [0.05, 0.1) is 6.10 Å². The van der Waals surface area contributed by atoms with Crippen LogP contribution < -0.4 is 5.32 Å². The van der Waals surface area contributed by atoms with Crippen LogP contribution in [-0.2, 0) is 20.9 Å². The molecule has 1 N–H and O–H groups in total. The van der Waals surface area contributed by atoms with Crippen LogP contribution in [0.2, 0.25) is 0 Å². The number of carbonyl (C=O) groups excluding carboxylic acids is 2. The lowest BCUT2D eigenvalue weighted by Gasteiger charge is -2.25. The molecule has 0 spiro atoms. The molecule has 0 saturated heterocycles. The zero-order valence-electron chi connectivity index (χ0n) is 12.8. The Morgan fingerprint density at radius 1 is 1.24 bits per heavy atom. The zero-order chi connectivity index (χ0) is 15.8. The molecule has 6 heteroatoms. The number of ether oxygens (including phenoxy) is 2. The summed E-state index contributed by atoms with van der Waals surface area (Å²) in [5.74, 6) is -0.249. The Hall–Kier alpha value is -2.08. The van der Waals surface area contributed by atoms with Gasteiger partial charge in [-0.1, -0.05) is 30.3 Å². The first-order valence-corrected chi connectivity index (χ1v) is 6.67. The van der Waals surface area contributed by atoms with Gasteiger partial charge in [0.2, 0.25) is 5.91 Å². The predicted molar refractivity (Wildman–Crippen MR) is 78.7 cm³/mol. The van der Waals surface area contributed by atoms with E-state index in [1.54, 1.807) is 21.0 Å². The van der Waals surface area contributed by atoms with Crippen LogP contribution in [0.5, 0.6) is 0 Å². The van der Waals surface area contributed by atoms with Crippen molar-refractivity contribution in [3.63, 3.8) is 0 Å². The summed E-state index contributed by atoms with van der Waals surface area (Å²) in [6, 6.07) is 8.54. The summed E-state index contributed by atoms with van der Waals surface area (Å²) in [6.45, 7) is 1.86. The molecule has 0 heterocycles. The number of carbonyl (C=O) groups is 2. The van der Waals surface area contributed by atoms with E-state index in [2.05, 4.69) is 5.32 Å². The van der Waals surface area contributed by atoms with Gasteiger partial charge in [-0.2, -0.15) is 0 Å². The lowest BCUT2D eigenvalue weighted by molar-refractivity contribution is -0.134. The topological polar surface area (TPSA) is 67.9 Å². The second-order valence-electron chi connectivity index (χ2n) is 4.86. The van der Waals surface area contributed by atoms with Gasteiger partial charge in [0.1, 0.15) is 12.6 Å². The molecule has 0 radical (unpaired) electrons. The van der Waals surface area contributed by atoms with Crippen molar-refractivity contribution in [2.45, 2.75) is 25.7 Å². The minimum Gasteiger partial charge on any atom is -0.445 e. The third-order valence-corrected chi connectivity index (χ3v) is 3.03. The van der Waals surface area contributed by atoms with Crippen molar-refractivity contribution >= 4 is 12.0 Å². The standard InChI is InChI=1S/C15H22N2O4/c1-11(20-4)13(14(18)17(2)3)16-15(19)21-10-12-8-6-5-7-9-12/h5-9,11,13H,10H2,1-4H3,(H,16,19)/t11-,13-/m1/s1. The Kier molecular flexibility index (Phi) is 6.68. The number of amides is 2. The second-order valence-corrected chi connectivity index (χ2v) is 4.86. The van der Waals surface area contributed by atoms with Crippen LogP contribution in [-0.4, -0.2) is 50.3 Å². The van der Waals surface area contributed by atoms with E-state index < -0.39 is 18.2 Å². The molecule has 2 atom stereocenters. The van der Waals surface area contributed by atoms with Gasteiger partial charge in [0, 0.05) is 21.2 Å². The van der Waals surface area contributed by atoms with Crippen LogP contribution in [0.4, 0.5) is 4.79 Å². The van der Waals surface area contributed by atoms with Crippen LogP contribution in [0.3, 0.4) is 0 Å². The first-order valence-electron chi connectivity index (χ1n) is 6.67. The van der Waals surface area contributed by atoms with Gasteiger partial charge in [0.15, 0.2) is 0 Å². The van der Waals surface area contributed by atoms with E-state index in [-0.39, 0.29) is 12.5 Å². The van der Waals surface area contributed by atoms with E-state index in [1.807, 2.05) is 30.3 Å². The van der Waals surface area contributed by atoms with Crippen LogP contribution in [0.25, 0.3) is 0 Å². The number of rotatable bonds is 6. The Balaban J connectivity index is 2.58. The number of benzene rings is 1. The van der Waals surface area contributed by atoms with Crippen molar-refractivity contribution < 1.29 is 19.1 Å². The molecule has 21 heavy (non-hydrogen) atoms. The summed E-state index contributed by atoms with van der Waals surface area (Å²) in [5.41, 5.74) is 0.878. The Bertz CT molecular complexity index is 462. The number of methoxy groups -OCH3 is 1. The molecule has 0 aromatic heterocycles.